The van der Waals surface area contributed by atoms with Gasteiger partial charge in [-0.05, 0) is 30.9 Å². The van der Waals surface area contributed by atoms with Crippen molar-refractivity contribution in [3.05, 3.63) is 71.8 Å². The highest BCUT2D eigenvalue weighted by atomic mass is 35.5. The van der Waals surface area contributed by atoms with Crippen LogP contribution in [-0.2, 0) is 21.5 Å². The van der Waals surface area contributed by atoms with Gasteiger partial charge in [0.15, 0.2) is 0 Å². The summed E-state index contributed by atoms with van der Waals surface area (Å²) in [7, 11) is 0. The average Bonchev–Trinajstić information content (AvgIpc) is 3.16. The largest absolute Gasteiger partial charge is 0.350 e. The smallest absolute Gasteiger partial charge is 0.244 e. The Bertz CT molecular complexity index is 781. The van der Waals surface area contributed by atoms with Gasteiger partial charge in [0.05, 0.1) is 0 Å². The standard InChI is InChI=1S/C22H27N3O2.ClH/c1-22(23,18-10-6-3-7-11-18)21(27)24-19-14-15-25(16-19)20(26)13-12-17-8-4-2-5-9-17;/h2-11,19H,12-16,23H2,1H3,(H,24,27);1H. The highest BCUT2D eigenvalue weighted by Crippen LogP contribution is 2.19. The molecule has 0 radical (unpaired) electrons. The number of carbonyl (C=O) groups excluding carboxylic acids is 2. The molecular formula is C22H28ClN3O2. The maximum absolute atomic E-state index is 12.7. The third-order valence-electron chi connectivity index (χ3n) is 5.19. The van der Waals surface area contributed by atoms with Crippen LogP contribution in [-0.4, -0.2) is 35.8 Å². The van der Waals surface area contributed by atoms with Crippen molar-refractivity contribution in [3.8, 4) is 0 Å². The first kappa shape index (κ1) is 21.9. The highest BCUT2D eigenvalue weighted by molar-refractivity contribution is 5.87. The Kier molecular flexibility index (Phi) is 7.61. The van der Waals surface area contributed by atoms with Gasteiger partial charge in [-0.1, -0.05) is 60.7 Å². The molecule has 28 heavy (non-hydrogen) atoms. The van der Waals surface area contributed by atoms with Crippen LogP contribution in [0.3, 0.4) is 0 Å². The molecule has 2 atom stereocenters. The Balaban J connectivity index is 0.00000280. The fraction of sp³-hybridized carbons (Fsp3) is 0.364. The number of nitrogens with zero attached hydrogens (tertiary/aromatic N) is 1. The van der Waals surface area contributed by atoms with Gasteiger partial charge in [0.2, 0.25) is 11.8 Å². The number of halogens is 1. The van der Waals surface area contributed by atoms with E-state index in [4.69, 9.17) is 5.73 Å². The summed E-state index contributed by atoms with van der Waals surface area (Å²) in [4.78, 5) is 27.0. The molecule has 2 amide bonds. The van der Waals surface area contributed by atoms with Crippen LogP contribution < -0.4 is 11.1 Å². The summed E-state index contributed by atoms with van der Waals surface area (Å²) in [6, 6.07) is 19.3. The van der Waals surface area contributed by atoms with Gasteiger partial charge in [0.25, 0.3) is 0 Å². The van der Waals surface area contributed by atoms with E-state index in [1.165, 1.54) is 0 Å². The van der Waals surface area contributed by atoms with Gasteiger partial charge in [-0.25, -0.2) is 0 Å². The molecule has 0 saturated carbocycles. The fourth-order valence-corrected chi connectivity index (χ4v) is 3.41. The second kappa shape index (κ2) is 9.71. The number of amides is 2. The number of nitrogens with one attached hydrogen (secondary N) is 1. The zero-order valence-electron chi connectivity index (χ0n) is 16.1. The average molecular weight is 402 g/mol. The van der Waals surface area contributed by atoms with Crippen LogP contribution in [0.1, 0.15) is 30.9 Å². The minimum Gasteiger partial charge on any atom is -0.350 e. The zero-order chi connectivity index (χ0) is 19.3. The summed E-state index contributed by atoms with van der Waals surface area (Å²) in [5, 5.41) is 3.02. The van der Waals surface area contributed by atoms with Crippen molar-refractivity contribution in [2.75, 3.05) is 13.1 Å². The Morgan fingerprint density at radius 2 is 1.71 bits per heavy atom. The number of nitrogens with two attached hydrogens (primary N) is 1. The van der Waals surface area contributed by atoms with Gasteiger partial charge in [-0.3, -0.25) is 9.59 Å². The minimum atomic E-state index is -1.09. The molecule has 1 fully saturated rings. The minimum absolute atomic E-state index is 0. The maximum Gasteiger partial charge on any atom is 0.244 e. The van der Waals surface area contributed by atoms with Gasteiger partial charge >= 0.3 is 0 Å². The molecule has 1 heterocycles. The third-order valence-corrected chi connectivity index (χ3v) is 5.19. The van der Waals surface area contributed by atoms with E-state index in [9.17, 15) is 9.59 Å². The van der Waals surface area contributed by atoms with Crippen molar-refractivity contribution in [2.45, 2.75) is 37.8 Å². The van der Waals surface area contributed by atoms with E-state index in [2.05, 4.69) is 5.32 Å². The molecular weight excluding hydrogens is 374 g/mol. The molecule has 2 aromatic carbocycles. The predicted molar refractivity (Wildman–Crippen MR) is 113 cm³/mol. The molecule has 3 rings (SSSR count). The SMILES string of the molecule is CC(N)(C(=O)NC1CCN(C(=O)CCc2ccccc2)C1)c1ccccc1.Cl. The first-order valence-corrected chi connectivity index (χ1v) is 9.44. The molecule has 0 spiro atoms. The van der Waals surface area contributed by atoms with E-state index >= 15 is 0 Å². The van der Waals surface area contributed by atoms with E-state index in [-0.39, 0.29) is 30.3 Å². The zero-order valence-corrected chi connectivity index (χ0v) is 17.0. The lowest BCUT2D eigenvalue weighted by atomic mass is 9.92. The lowest BCUT2D eigenvalue weighted by Crippen LogP contribution is -2.52. The second-order valence-electron chi connectivity index (χ2n) is 7.35. The molecule has 6 heteroatoms. The Morgan fingerprint density at radius 1 is 1.11 bits per heavy atom. The van der Waals surface area contributed by atoms with Crippen LogP contribution in [0.25, 0.3) is 0 Å². The van der Waals surface area contributed by atoms with Crippen molar-refractivity contribution < 1.29 is 9.59 Å². The van der Waals surface area contributed by atoms with Crippen LogP contribution >= 0.6 is 12.4 Å². The van der Waals surface area contributed by atoms with Crippen molar-refractivity contribution in [3.63, 3.8) is 0 Å². The quantitative estimate of drug-likeness (QED) is 0.781. The summed E-state index contributed by atoms with van der Waals surface area (Å²) in [5.74, 6) is -0.0774. The third kappa shape index (κ3) is 5.33. The van der Waals surface area contributed by atoms with Gasteiger partial charge in [-0.2, -0.15) is 0 Å². The number of hydrogen-bond acceptors (Lipinski definition) is 3. The van der Waals surface area contributed by atoms with Gasteiger partial charge < -0.3 is 16.0 Å². The molecule has 1 saturated heterocycles. The summed E-state index contributed by atoms with van der Waals surface area (Å²) >= 11 is 0. The molecule has 0 aromatic heterocycles. The number of hydrogen-bond donors (Lipinski definition) is 2. The summed E-state index contributed by atoms with van der Waals surface area (Å²) in [6.45, 7) is 2.94. The first-order chi connectivity index (χ1) is 13.0. The normalized spacial score (nSPS) is 18.1. The van der Waals surface area contributed by atoms with Crippen molar-refractivity contribution >= 4 is 24.2 Å². The summed E-state index contributed by atoms with van der Waals surface area (Å²) < 4.78 is 0. The van der Waals surface area contributed by atoms with Crippen LogP contribution in [0.15, 0.2) is 60.7 Å². The summed E-state index contributed by atoms with van der Waals surface area (Å²) in [5.41, 5.74) is 7.12. The molecule has 1 aliphatic rings. The van der Waals surface area contributed by atoms with Crippen molar-refractivity contribution in [1.29, 1.82) is 0 Å². The van der Waals surface area contributed by atoms with Gasteiger partial charge in [-0.15, -0.1) is 12.4 Å². The molecule has 2 aromatic rings. The second-order valence-corrected chi connectivity index (χ2v) is 7.35. The molecule has 0 bridgehead atoms. The highest BCUT2D eigenvalue weighted by Gasteiger charge is 2.34. The monoisotopic (exact) mass is 401 g/mol. The molecule has 3 N–H and O–H groups in total. The van der Waals surface area contributed by atoms with Crippen LogP contribution in [0.5, 0.6) is 0 Å². The molecule has 0 aliphatic carbocycles. The van der Waals surface area contributed by atoms with Gasteiger partial charge in [0, 0.05) is 25.6 Å². The van der Waals surface area contributed by atoms with Crippen LogP contribution in [0, 0.1) is 0 Å². The molecule has 2 unspecified atom stereocenters. The Hall–Kier alpha value is -2.37. The van der Waals surface area contributed by atoms with Crippen LogP contribution in [0.4, 0.5) is 0 Å². The lowest BCUT2D eigenvalue weighted by molar-refractivity contribution is -0.131. The Labute approximate surface area is 172 Å². The van der Waals surface area contributed by atoms with Crippen molar-refractivity contribution in [2.24, 2.45) is 5.73 Å². The predicted octanol–water partition coefficient (Wildman–Crippen LogP) is 2.63. The molecule has 1 aliphatic heterocycles. The number of likely N-dealkylation sites (tertiary alicyclic amines) is 1. The van der Waals surface area contributed by atoms with E-state index in [0.717, 1.165) is 24.0 Å². The number of carbonyl (C=O) groups is 2. The van der Waals surface area contributed by atoms with E-state index in [1.54, 1.807) is 6.92 Å². The number of benzene rings is 2. The van der Waals surface area contributed by atoms with Crippen LogP contribution in [0.2, 0.25) is 0 Å². The maximum atomic E-state index is 12.7. The fourth-order valence-electron chi connectivity index (χ4n) is 3.41. The molecule has 5 nitrogen and oxygen atoms in total. The number of aryl methyl sites for hydroxylation is 1. The molecule has 150 valence electrons. The van der Waals surface area contributed by atoms with Crippen molar-refractivity contribution in [1.82, 2.24) is 10.2 Å². The van der Waals surface area contributed by atoms with E-state index in [1.807, 2.05) is 65.6 Å². The first-order valence-electron chi connectivity index (χ1n) is 9.44. The van der Waals surface area contributed by atoms with E-state index in [0.29, 0.717) is 19.5 Å². The topological polar surface area (TPSA) is 75.4 Å². The van der Waals surface area contributed by atoms with Gasteiger partial charge in [0.1, 0.15) is 5.54 Å². The number of rotatable bonds is 6. The van der Waals surface area contributed by atoms with E-state index < -0.39 is 5.54 Å². The summed E-state index contributed by atoms with van der Waals surface area (Å²) in [6.07, 6.45) is 1.99. The lowest BCUT2D eigenvalue weighted by Gasteiger charge is -2.26. The Morgan fingerprint density at radius 3 is 2.36 bits per heavy atom.